The lowest BCUT2D eigenvalue weighted by Gasteiger charge is -2.26. The Morgan fingerprint density at radius 3 is 2.56 bits per heavy atom. The maximum Gasteiger partial charge on any atom is 0.416 e. The van der Waals surface area contributed by atoms with E-state index in [1.807, 2.05) is 4.90 Å². The standard InChI is InChI=1S/C18H21F3N4O2/c19-18(20,21)15-3-1-2-14(8-15)16(26)12-22-9-13-10-23-17(24-11-13)25-4-6-27-7-5-25/h1-3,8,10-11,16,22,26H,4-7,9,12H2/t16-/m1/s1. The highest BCUT2D eigenvalue weighted by Crippen LogP contribution is 2.30. The molecule has 1 fully saturated rings. The summed E-state index contributed by atoms with van der Waals surface area (Å²) in [6.07, 6.45) is -2.08. The fourth-order valence-electron chi connectivity index (χ4n) is 2.76. The van der Waals surface area contributed by atoms with Crippen LogP contribution in [-0.2, 0) is 17.5 Å². The number of morpholine rings is 1. The molecule has 146 valence electrons. The highest BCUT2D eigenvalue weighted by molar-refractivity contribution is 5.30. The third-order valence-corrected chi connectivity index (χ3v) is 4.25. The number of aliphatic hydroxyl groups is 1. The van der Waals surface area contributed by atoms with Gasteiger partial charge in [0, 0.05) is 44.1 Å². The van der Waals surface area contributed by atoms with E-state index in [9.17, 15) is 18.3 Å². The Bertz CT molecular complexity index is 734. The molecule has 2 heterocycles. The van der Waals surface area contributed by atoms with Gasteiger partial charge in [-0.05, 0) is 17.7 Å². The number of nitrogens with one attached hydrogen (secondary N) is 1. The zero-order chi connectivity index (χ0) is 19.3. The van der Waals surface area contributed by atoms with Gasteiger partial charge in [0.15, 0.2) is 0 Å². The van der Waals surface area contributed by atoms with E-state index in [1.165, 1.54) is 12.1 Å². The summed E-state index contributed by atoms with van der Waals surface area (Å²) in [5, 5.41) is 13.1. The Kier molecular flexibility index (Phi) is 6.25. The van der Waals surface area contributed by atoms with Crippen LogP contribution in [0.4, 0.5) is 19.1 Å². The van der Waals surface area contributed by atoms with Crippen LogP contribution < -0.4 is 10.2 Å². The number of halogens is 3. The average molecular weight is 382 g/mol. The summed E-state index contributed by atoms with van der Waals surface area (Å²) in [5.41, 5.74) is 0.269. The second-order valence-corrected chi connectivity index (χ2v) is 6.26. The van der Waals surface area contributed by atoms with Crippen LogP contribution in [0, 0.1) is 0 Å². The summed E-state index contributed by atoms with van der Waals surface area (Å²) >= 11 is 0. The van der Waals surface area contributed by atoms with Crippen molar-refractivity contribution in [2.75, 3.05) is 37.7 Å². The molecular formula is C18H21F3N4O2. The molecule has 9 heteroatoms. The summed E-state index contributed by atoms with van der Waals surface area (Å²) in [6, 6.07) is 4.71. The number of hydrogen-bond donors (Lipinski definition) is 2. The minimum atomic E-state index is -4.43. The van der Waals surface area contributed by atoms with Gasteiger partial charge in [-0.1, -0.05) is 12.1 Å². The lowest BCUT2D eigenvalue weighted by Crippen LogP contribution is -2.37. The smallest absolute Gasteiger partial charge is 0.387 e. The van der Waals surface area contributed by atoms with Crippen LogP contribution in [-0.4, -0.2) is 47.9 Å². The third kappa shape index (κ3) is 5.38. The van der Waals surface area contributed by atoms with Crippen LogP contribution >= 0.6 is 0 Å². The van der Waals surface area contributed by atoms with Crippen molar-refractivity contribution in [3.8, 4) is 0 Å². The lowest BCUT2D eigenvalue weighted by atomic mass is 10.1. The molecule has 0 radical (unpaired) electrons. The summed E-state index contributed by atoms with van der Waals surface area (Å²) in [7, 11) is 0. The second-order valence-electron chi connectivity index (χ2n) is 6.26. The van der Waals surface area contributed by atoms with Gasteiger partial charge in [0.2, 0.25) is 5.95 Å². The zero-order valence-corrected chi connectivity index (χ0v) is 14.6. The van der Waals surface area contributed by atoms with E-state index in [2.05, 4.69) is 15.3 Å². The van der Waals surface area contributed by atoms with Crippen LogP contribution in [0.1, 0.15) is 22.8 Å². The van der Waals surface area contributed by atoms with E-state index < -0.39 is 17.8 Å². The van der Waals surface area contributed by atoms with Crippen molar-refractivity contribution in [3.05, 3.63) is 53.3 Å². The molecule has 0 amide bonds. The predicted molar refractivity (Wildman–Crippen MR) is 93.2 cm³/mol. The quantitative estimate of drug-likeness (QED) is 0.798. The van der Waals surface area contributed by atoms with E-state index in [0.717, 1.165) is 30.8 Å². The molecule has 1 aliphatic rings. The van der Waals surface area contributed by atoms with Crippen molar-refractivity contribution < 1.29 is 23.0 Å². The molecule has 1 aromatic heterocycles. The summed E-state index contributed by atoms with van der Waals surface area (Å²) in [4.78, 5) is 10.7. The summed E-state index contributed by atoms with van der Waals surface area (Å²) in [5.74, 6) is 0.644. The first kappa shape index (κ1) is 19.5. The zero-order valence-electron chi connectivity index (χ0n) is 14.6. The van der Waals surface area contributed by atoms with Crippen LogP contribution in [0.5, 0.6) is 0 Å². The fourth-order valence-corrected chi connectivity index (χ4v) is 2.76. The van der Waals surface area contributed by atoms with Gasteiger partial charge in [-0.25, -0.2) is 9.97 Å². The molecule has 1 saturated heterocycles. The molecular weight excluding hydrogens is 361 g/mol. The van der Waals surface area contributed by atoms with Gasteiger partial charge in [0.1, 0.15) is 0 Å². The largest absolute Gasteiger partial charge is 0.416 e. The van der Waals surface area contributed by atoms with Crippen molar-refractivity contribution in [1.82, 2.24) is 15.3 Å². The number of alkyl halides is 3. The van der Waals surface area contributed by atoms with Gasteiger partial charge < -0.3 is 20.1 Å². The van der Waals surface area contributed by atoms with E-state index in [1.54, 1.807) is 12.4 Å². The van der Waals surface area contributed by atoms with Gasteiger partial charge in [0.25, 0.3) is 0 Å². The van der Waals surface area contributed by atoms with Crippen molar-refractivity contribution in [2.45, 2.75) is 18.8 Å². The highest BCUT2D eigenvalue weighted by atomic mass is 19.4. The minimum Gasteiger partial charge on any atom is -0.387 e. The number of nitrogens with zero attached hydrogens (tertiary/aromatic N) is 3. The van der Waals surface area contributed by atoms with Crippen molar-refractivity contribution in [3.63, 3.8) is 0 Å². The maximum absolute atomic E-state index is 12.8. The van der Waals surface area contributed by atoms with Crippen molar-refractivity contribution in [1.29, 1.82) is 0 Å². The Balaban J connectivity index is 1.50. The van der Waals surface area contributed by atoms with E-state index in [-0.39, 0.29) is 12.1 Å². The number of aromatic nitrogens is 2. The Hall–Kier alpha value is -2.23. The van der Waals surface area contributed by atoms with Crippen molar-refractivity contribution in [2.24, 2.45) is 0 Å². The molecule has 1 aliphatic heterocycles. The van der Waals surface area contributed by atoms with E-state index >= 15 is 0 Å². The highest BCUT2D eigenvalue weighted by Gasteiger charge is 2.30. The van der Waals surface area contributed by atoms with Crippen molar-refractivity contribution >= 4 is 5.95 Å². The van der Waals surface area contributed by atoms with Gasteiger partial charge >= 0.3 is 6.18 Å². The first-order valence-electron chi connectivity index (χ1n) is 8.63. The molecule has 0 spiro atoms. The summed E-state index contributed by atoms with van der Waals surface area (Å²) in [6.45, 7) is 3.33. The number of aliphatic hydroxyl groups excluding tert-OH is 1. The Labute approximate surface area is 155 Å². The first-order valence-corrected chi connectivity index (χ1v) is 8.63. The number of anilines is 1. The Morgan fingerprint density at radius 2 is 1.89 bits per heavy atom. The Morgan fingerprint density at radius 1 is 1.19 bits per heavy atom. The third-order valence-electron chi connectivity index (χ3n) is 4.25. The normalized spacial score (nSPS) is 16.4. The summed E-state index contributed by atoms with van der Waals surface area (Å²) < 4.78 is 43.5. The average Bonchev–Trinajstić information content (AvgIpc) is 2.68. The van der Waals surface area contributed by atoms with Crippen LogP contribution in [0.25, 0.3) is 0 Å². The molecule has 0 saturated carbocycles. The fraction of sp³-hybridized carbons (Fsp3) is 0.444. The monoisotopic (exact) mass is 382 g/mol. The van der Waals surface area contributed by atoms with Crippen LogP contribution in [0.2, 0.25) is 0 Å². The molecule has 0 unspecified atom stereocenters. The first-order chi connectivity index (χ1) is 12.9. The van der Waals surface area contributed by atoms with E-state index in [0.29, 0.717) is 25.7 Å². The second kappa shape index (κ2) is 8.64. The topological polar surface area (TPSA) is 70.5 Å². The maximum atomic E-state index is 12.8. The van der Waals surface area contributed by atoms with E-state index in [4.69, 9.17) is 4.74 Å². The molecule has 1 atom stereocenters. The van der Waals surface area contributed by atoms with Crippen LogP contribution in [0.15, 0.2) is 36.7 Å². The minimum absolute atomic E-state index is 0.118. The molecule has 6 nitrogen and oxygen atoms in total. The SMILES string of the molecule is O[C@H](CNCc1cnc(N2CCOCC2)nc1)c1cccc(C(F)(F)F)c1. The van der Waals surface area contributed by atoms with Gasteiger partial charge in [-0.3, -0.25) is 0 Å². The number of ether oxygens (including phenoxy) is 1. The molecule has 0 bridgehead atoms. The van der Waals surface area contributed by atoms with Gasteiger partial charge in [-0.2, -0.15) is 13.2 Å². The molecule has 2 aromatic rings. The number of rotatable bonds is 6. The molecule has 27 heavy (non-hydrogen) atoms. The molecule has 1 aromatic carbocycles. The molecule has 3 rings (SSSR count). The van der Waals surface area contributed by atoms with Crippen LogP contribution in [0.3, 0.4) is 0 Å². The number of benzene rings is 1. The van der Waals surface area contributed by atoms with Gasteiger partial charge in [0.05, 0.1) is 24.9 Å². The lowest BCUT2D eigenvalue weighted by molar-refractivity contribution is -0.137. The predicted octanol–water partition coefficient (Wildman–Crippen LogP) is 2.16. The number of hydrogen-bond acceptors (Lipinski definition) is 6. The molecule has 0 aliphatic carbocycles. The molecule has 2 N–H and O–H groups in total. The van der Waals surface area contributed by atoms with Gasteiger partial charge in [-0.15, -0.1) is 0 Å².